The molecule has 0 fully saturated rings. The molecule has 212 valence electrons. The molecular formula is C30H28N2O8S. The number of carbonyl (C=O) groups excluding carboxylic acids is 1. The number of carbonyl (C=O) groups is 2. The van der Waals surface area contributed by atoms with E-state index in [0.717, 1.165) is 16.7 Å². The molecule has 4 N–H and O–H groups in total. The minimum atomic E-state index is -1.92. The highest BCUT2D eigenvalue weighted by atomic mass is 32.2. The molecule has 1 amide bonds. The Labute approximate surface area is 239 Å². The van der Waals surface area contributed by atoms with Crippen molar-refractivity contribution in [3.8, 4) is 5.75 Å². The number of amides is 1. The summed E-state index contributed by atoms with van der Waals surface area (Å²) in [5.41, 5.74) is 6.97. The normalized spacial score (nSPS) is 11.5. The van der Waals surface area contributed by atoms with Gasteiger partial charge in [-0.05, 0) is 67.4 Å². The van der Waals surface area contributed by atoms with E-state index in [0.29, 0.717) is 22.7 Å². The van der Waals surface area contributed by atoms with Crippen LogP contribution in [0, 0.1) is 13.8 Å². The minimum absolute atomic E-state index is 0.0118. The molecule has 41 heavy (non-hydrogen) atoms. The quantitative estimate of drug-likeness (QED) is 0.120. The van der Waals surface area contributed by atoms with Gasteiger partial charge in [0.1, 0.15) is 12.4 Å². The van der Waals surface area contributed by atoms with Gasteiger partial charge in [-0.25, -0.2) is 13.9 Å². The molecule has 0 aliphatic rings. The van der Waals surface area contributed by atoms with Crippen LogP contribution in [-0.2, 0) is 34.0 Å². The van der Waals surface area contributed by atoms with Crippen molar-refractivity contribution >= 4 is 34.3 Å². The van der Waals surface area contributed by atoms with Gasteiger partial charge in [-0.2, -0.15) is 0 Å². The summed E-state index contributed by atoms with van der Waals surface area (Å²) in [6.45, 7) is 3.91. The first-order valence-electron chi connectivity index (χ1n) is 12.4. The van der Waals surface area contributed by atoms with Crippen molar-refractivity contribution in [1.82, 2.24) is 0 Å². The maximum Gasteiger partial charge on any atom is 0.336 e. The van der Waals surface area contributed by atoms with Crippen LogP contribution in [0.4, 0.5) is 11.4 Å². The van der Waals surface area contributed by atoms with E-state index in [9.17, 15) is 18.9 Å². The van der Waals surface area contributed by atoms with Crippen molar-refractivity contribution in [2.24, 2.45) is 0 Å². The van der Waals surface area contributed by atoms with E-state index < -0.39 is 23.0 Å². The highest BCUT2D eigenvalue weighted by Gasteiger charge is 2.17. The van der Waals surface area contributed by atoms with Crippen molar-refractivity contribution in [2.45, 2.75) is 32.0 Å². The Hall–Kier alpha value is -4.55. The van der Waals surface area contributed by atoms with Crippen molar-refractivity contribution in [2.75, 3.05) is 10.8 Å². The Balaban J connectivity index is 1.38. The Morgan fingerprint density at radius 2 is 1.54 bits per heavy atom. The van der Waals surface area contributed by atoms with Crippen molar-refractivity contribution in [3.05, 3.63) is 118 Å². The van der Waals surface area contributed by atoms with Crippen LogP contribution in [0.25, 0.3) is 0 Å². The topological polar surface area (TPSA) is 143 Å². The van der Waals surface area contributed by atoms with Gasteiger partial charge in [0, 0.05) is 11.8 Å². The molecule has 4 rings (SSSR count). The van der Waals surface area contributed by atoms with E-state index in [1.807, 2.05) is 25.1 Å². The number of aromatic carboxylic acids is 1. The fraction of sp³-hybridized carbons (Fsp3) is 0.133. The van der Waals surface area contributed by atoms with Gasteiger partial charge in [0.05, 0.1) is 28.3 Å². The highest BCUT2D eigenvalue weighted by molar-refractivity contribution is 7.80. The number of carboxylic acid groups (broad SMARTS) is 1. The molecule has 1 atom stereocenters. The van der Waals surface area contributed by atoms with Crippen LogP contribution in [0.3, 0.4) is 0 Å². The van der Waals surface area contributed by atoms with E-state index >= 15 is 0 Å². The van der Waals surface area contributed by atoms with Gasteiger partial charge >= 0.3 is 5.97 Å². The van der Waals surface area contributed by atoms with Crippen LogP contribution in [0.1, 0.15) is 43.0 Å². The molecular weight excluding hydrogens is 548 g/mol. The monoisotopic (exact) mass is 576 g/mol. The predicted octanol–water partition coefficient (Wildman–Crippen LogP) is 5.89. The zero-order valence-electron chi connectivity index (χ0n) is 22.2. The van der Waals surface area contributed by atoms with E-state index in [4.69, 9.17) is 14.3 Å². The van der Waals surface area contributed by atoms with Gasteiger partial charge in [-0.3, -0.25) is 20.4 Å². The fourth-order valence-electron chi connectivity index (χ4n) is 3.95. The highest BCUT2D eigenvalue weighted by Crippen LogP contribution is 2.23. The van der Waals surface area contributed by atoms with Crippen molar-refractivity contribution in [3.63, 3.8) is 0 Å². The number of aryl methyl sites for hydroxylation is 2. The third kappa shape index (κ3) is 7.99. The summed E-state index contributed by atoms with van der Waals surface area (Å²) < 4.78 is 18.6. The zero-order chi connectivity index (χ0) is 29.4. The fourth-order valence-corrected chi connectivity index (χ4v) is 4.74. The largest absolute Gasteiger partial charge is 0.478 e. The second-order valence-electron chi connectivity index (χ2n) is 9.12. The van der Waals surface area contributed by atoms with E-state index in [2.05, 4.69) is 15.7 Å². The average Bonchev–Trinajstić information content (AvgIpc) is 2.94. The van der Waals surface area contributed by atoms with Crippen LogP contribution in [0.5, 0.6) is 5.75 Å². The molecule has 0 saturated carbocycles. The number of hydrogen-bond donors (Lipinski definition) is 4. The molecule has 0 aliphatic carbocycles. The number of rotatable bonds is 12. The second kappa shape index (κ2) is 13.7. The van der Waals surface area contributed by atoms with Gasteiger partial charge in [-0.15, -0.1) is 0 Å². The van der Waals surface area contributed by atoms with Gasteiger partial charge in [0.25, 0.3) is 5.91 Å². The molecule has 0 radical (unpaired) electrons. The van der Waals surface area contributed by atoms with Crippen LogP contribution in [0.15, 0.2) is 89.8 Å². The third-order valence-electron chi connectivity index (χ3n) is 5.94. The standard InChI is InChI=1S/C30H28N2O8S/c1-19-9-11-21(22(13-19)18-39-36)17-38-32-24-6-3-7-25(15-24)40-41(37)26-8-4-5-23(16-26)31-29(33)27-12-10-20(2)14-28(27)30(34)35/h3-16,32,36H,17-18H2,1-2H3,(H,31,33)(H,34,35). The first kappa shape index (κ1) is 29.4. The molecule has 0 aromatic heterocycles. The molecule has 0 spiro atoms. The molecule has 10 nitrogen and oxygen atoms in total. The Bertz CT molecular complexity index is 1590. The van der Waals surface area contributed by atoms with Crippen molar-refractivity contribution < 1.29 is 38.1 Å². The summed E-state index contributed by atoms with van der Waals surface area (Å²) in [5, 5.41) is 20.9. The third-order valence-corrected chi connectivity index (χ3v) is 6.92. The molecule has 4 aromatic rings. The number of benzene rings is 4. The maximum atomic E-state index is 13.0. The summed E-state index contributed by atoms with van der Waals surface area (Å²) >= 11 is -1.92. The summed E-state index contributed by atoms with van der Waals surface area (Å²) in [4.78, 5) is 34.5. The first-order valence-corrected chi connectivity index (χ1v) is 13.5. The van der Waals surface area contributed by atoms with Gasteiger partial charge < -0.3 is 14.6 Å². The van der Waals surface area contributed by atoms with E-state index in [-0.39, 0.29) is 29.2 Å². The Morgan fingerprint density at radius 1 is 0.805 bits per heavy atom. The molecule has 0 heterocycles. The van der Waals surface area contributed by atoms with E-state index in [1.54, 1.807) is 55.5 Å². The van der Waals surface area contributed by atoms with Crippen LogP contribution in [-0.4, -0.2) is 26.4 Å². The molecule has 1 unspecified atom stereocenters. The minimum Gasteiger partial charge on any atom is -0.478 e. The lowest BCUT2D eigenvalue weighted by Crippen LogP contribution is -2.16. The lowest BCUT2D eigenvalue weighted by molar-refractivity contribution is -0.253. The number of hydrogen-bond acceptors (Lipinski definition) is 8. The first-order chi connectivity index (χ1) is 19.7. The maximum absolute atomic E-state index is 13.0. The predicted molar refractivity (Wildman–Crippen MR) is 153 cm³/mol. The number of carboxylic acids is 1. The second-order valence-corrected chi connectivity index (χ2v) is 10.2. The summed E-state index contributed by atoms with van der Waals surface area (Å²) in [6.07, 6.45) is 0. The molecule has 0 aliphatic heterocycles. The van der Waals surface area contributed by atoms with Gasteiger partial charge in [-0.1, -0.05) is 47.5 Å². The molecule has 4 aromatic carbocycles. The lowest BCUT2D eigenvalue weighted by Gasteiger charge is -2.12. The Morgan fingerprint density at radius 3 is 2.32 bits per heavy atom. The Kier molecular flexibility index (Phi) is 9.82. The number of anilines is 2. The smallest absolute Gasteiger partial charge is 0.336 e. The zero-order valence-corrected chi connectivity index (χ0v) is 23.1. The molecule has 0 saturated heterocycles. The average molecular weight is 577 g/mol. The molecule has 11 heteroatoms. The summed E-state index contributed by atoms with van der Waals surface area (Å²) in [6, 6.07) is 23.2. The lowest BCUT2D eigenvalue weighted by atomic mass is 10.0. The van der Waals surface area contributed by atoms with E-state index in [1.165, 1.54) is 18.2 Å². The molecule has 0 bridgehead atoms. The van der Waals surface area contributed by atoms with Crippen LogP contribution < -0.4 is 15.0 Å². The SMILES string of the molecule is Cc1ccc(CONc2cccc(OS(=O)c3cccc(NC(=O)c4ccc(C)cc4C(=O)O)c3)c2)c(COO)c1. The van der Waals surface area contributed by atoms with Crippen LogP contribution in [0.2, 0.25) is 0 Å². The summed E-state index contributed by atoms with van der Waals surface area (Å²) in [5.74, 6) is -1.51. The van der Waals surface area contributed by atoms with Crippen LogP contribution >= 0.6 is 0 Å². The number of nitrogens with one attached hydrogen (secondary N) is 2. The van der Waals surface area contributed by atoms with Crippen molar-refractivity contribution in [1.29, 1.82) is 0 Å². The van der Waals surface area contributed by atoms with Gasteiger partial charge in [0.15, 0.2) is 0 Å². The summed E-state index contributed by atoms with van der Waals surface area (Å²) in [7, 11) is 0. The van der Waals surface area contributed by atoms with Gasteiger partial charge in [0.2, 0.25) is 11.1 Å².